The molecule has 0 radical (unpaired) electrons. The van der Waals surface area contributed by atoms with Crippen molar-refractivity contribution in [3.63, 3.8) is 0 Å². The summed E-state index contributed by atoms with van der Waals surface area (Å²) < 4.78 is 37.8. The molecule has 45 heavy (non-hydrogen) atoms. The number of piperidine rings is 1. The molecule has 3 heterocycles. The van der Waals surface area contributed by atoms with Crippen molar-refractivity contribution in [2.75, 3.05) is 42.2 Å². The van der Waals surface area contributed by atoms with Crippen LogP contribution in [0.4, 0.5) is 17.3 Å². The van der Waals surface area contributed by atoms with E-state index in [0.29, 0.717) is 46.3 Å². The van der Waals surface area contributed by atoms with Gasteiger partial charge in [0.2, 0.25) is 21.9 Å². The first-order chi connectivity index (χ1) is 21.2. The van der Waals surface area contributed by atoms with Crippen molar-refractivity contribution in [2.24, 2.45) is 7.05 Å². The van der Waals surface area contributed by atoms with Crippen molar-refractivity contribution in [2.45, 2.75) is 45.1 Å². The quantitative estimate of drug-likeness (QED) is 0.170. The van der Waals surface area contributed by atoms with Gasteiger partial charge in [-0.3, -0.25) is 4.72 Å². The molecule has 0 saturated carbocycles. The molecule has 1 aliphatic rings. The van der Waals surface area contributed by atoms with Crippen molar-refractivity contribution in [3.05, 3.63) is 59.9 Å². The molecular weight excluding hydrogens is 598 g/mol. The largest absolute Gasteiger partial charge is 0.492 e. The smallest absolute Gasteiger partial charge is 0.352 e. The predicted molar refractivity (Wildman–Crippen MR) is 176 cm³/mol. The van der Waals surface area contributed by atoms with E-state index in [0.717, 1.165) is 43.1 Å². The second-order valence-electron chi connectivity index (χ2n) is 11.8. The summed E-state index contributed by atoms with van der Waals surface area (Å²) >= 11 is 0. The van der Waals surface area contributed by atoms with Crippen LogP contribution in [0, 0.1) is 0 Å². The molecular formula is C31H41N7O6S. The van der Waals surface area contributed by atoms with E-state index in [-0.39, 0.29) is 11.1 Å². The normalized spacial score (nSPS) is 13.9. The molecule has 0 amide bonds. The van der Waals surface area contributed by atoms with Gasteiger partial charge in [0.1, 0.15) is 5.69 Å². The molecule has 0 aliphatic carbocycles. The molecule has 14 heteroatoms. The molecule has 6 N–H and O–H groups in total. The maximum atomic E-state index is 11.4. The Kier molecular flexibility index (Phi) is 10.1. The number of methoxy groups -OCH3 is 1. The van der Waals surface area contributed by atoms with E-state index in [1.54, 1.807) is 48.1 Å². The summed E-state index contributed by atoms with van der Waals surface area (Å²) in [6, 6.07) is 12.7. The number of hydrogen-bond acceptors (Lipinski definition) is 10. The maximum Gasteiger partial charge on any atom is 0.352 e. The third-order valence-electron chi connectivity index (χ3n) is 7.24. The Bertz CT molecular complexity index is 1780. The van der Waals surface area contributed by atoms with Crippen molar-refractivity contribution in [3.8, 4) is 17.4 Å². The van der Waals surface area contributed by atoms with Crippen LogP contribution in [0.3, 0.4) is 0 Å². The number of rotatable bonds is 8. The number of benzene rings is 2. The van der Waals surface area contributed by atoms with E-state index in [9.17, 15) is 18.3 Å². The summed E-state index contributed by atoms with van der Waals surface area (Å²) in [6.07, 6.45) is 4.79. The highest BCUT2D eigenvalue weighted by Gasteiger charge is 2.20. The van der Waals surface area contributed by atoms with E-state index in [1.165, 1.54) is 7.11 Å². The number of carbonyl (C=O) groups is 1. The van der Waals surface area contributed by atoms with Gasteiger partial charge in [-0.15, -0.1) is 0 Å². The number of aromatic nitrogens is 3. The molecule has 1 aliphatic heterocycles. The first-order valence-corrected chi connectivity index (χ1v) is 16.3. The lowest BCUT2D eigenvalue weighted by Crippen LogP contribution is -2.35. The number of aromatic carboxylic acids is 1. The van der Waals surface area contributed by atoms with Crippen molar-refractivity contribution < 1.29 is 27.8 Å². The van der Waals surface area contributed by atoms with Crippen LogP contribution in [0.5, 0.6) is 17.4 Å². The number of aryl methyl sites for hydroxylation is 1. The molecule has 13 nitrogen and oxygen atoms in total. The number of para-hydroxylation sites is 1. The Morgan fingerprint density at radius 1 is 1.16 bits per heavy atom. The summed E-state index contributed by atoms with van der Waals surface area (Å²) in [6.45, 7) is 8.04. The van der Waals surface area contributed by atoms with Crippen molar-refractivity contribution in [1.82, 2.24) is 19.9 Å². The first kappa shape index (κ1) is 33.3. The Hall–Kier alpha value is -4.56. The zero-order chi connectivity index (χ0) is 32.9. The number of carboxylic acids is 1. The minimum Gasteiger partial charge on any atom is -0.492 e. The van der Waals surface area contributed by atoms with Gasteiger partial charge >= 0.3 is 5.97 Å². The summed E-state index contributed by atoms with van der Waals surface area (Å²) in [5.74, 6) is 0.856. The van der Waals surface area contributed by atoms with Gasteiger partial charge in [0.05, 0.1) is 30.3 Å². The molecule has 1 saturated heterocycles. The molecule has 1 fully saturated rings. The Morgan fingerprint density at radius 2 is 1.87 bits per heavy atom. The first-order valence-electron chi connectivity index (χ1n) is 14.4. The van der Waals surface area contributed by atoms with Crippen LogP contribution in [0.2, 0.25) is 0 Å². The SMILES string of the molecule is COc1c(N)cc(C(C)(C)C)cc1NS(C)(=O)=O.Cn1c(C(=O)O)cc2cccc(Oc3ccnc(NC4CCNCC4)n3)c21. The molecule has 2 aromatic carbocycles. The van der Waals surface area contributed by atoms with Gasteiger partial charge in [-0.1, -0.05) is 32.9 Å². The summed E-state index contributed by atoms with van der Waals surface area (Å²) in [4.78, 5) is 20.1. The highest BCUT2D eigenvalue weighted by atomic mass is 32.2. The van der Waals surface area contributed by atoms with Gasteiger partial charge in [-0.2, -0.15) is 4.98 Å². The van der Waals surface area contributed by atoms with Crippen LogP contribution in [0.1, 0.15) is 49.7 Å². The Balaban J connectivity index is 0.000000224. The summed E-state index contributed by atoms with van der Waals surface area (Å²) in [5, 5.41) is 16.8. The summed E-state index contributed by atoms with van der Waals surface area (Å²) in [7, 11) is -0.209. The fourth-order valence-electron chi connectivity index (χ4n) is 4.98. The molecule has 0 unspecified atom stereocenters. The number of hydrogen-bond donors (Lipinski definition) is 5. The van der Waals surface area contributed by atoms with Crippen LogP contribution in [-0.4, -0.2) is 66.5 Å². The number of sulfonamides is 1. The van der Waals surface area contributed by atoms with Gasteiger partial charge in [0.15, 0.2) is 11.5 Å². The third kappa shape index (κ3) is 8.54. The van der Waals surface area contributed by atoms with E-state index in [1.807, 2.05) is 32.9 Å². The van der Waals surface area contributed by atoms with Crippen LogP contribution in [-0.2, 0) is 22.5 Å². The average Bonchev–Trinajstić information content (AvgIpc) is 3.30. The number of nitrogens with one attached hydrogen (secondary N) is 3. The monoisotopic (exact) mass is 639 g/mol. The molecule has 2 aromatic heterocycles. The van der Waals surface area contributed by atoms with Crippen molar-refractivity contribution >= 4 is 44.2 Å². The topological polar surface area (TPSA) is 183 Å². The minimum atomic E-state index is -3.37. The third-order valence-corrected chi connectivity index (χ3v) is 7.83. The number of ether oxygens (including phenoxy) is 2. The van der Waals surface area contributed by atoms with Gasteiger partial charge in [0.25, 0.3) is 0 Å². The number of carboxylic acid groups (broad SMARTS) is 1. The van der Waals surface area contributed by atoms with E-state index in [2.05, 4.69) is 25.3 Å². The second-order valence-corrected chi connectivity index (χ2v) is 13.6. The van der Waals surface area contributed by atoms with Gasteiger partial charge in [-0.05, 0) is 61.2 Å². The highest BCUT2D eigenvalue weighted by Crippen LogP contribution is 2.37. The highest BCUT2D eigenvalue weighted by molar-refractivity contribution is 7.92. The Labute approximate surface area is 263 Å². The van der Waals surface area contributed by atoms with Crippen LogP contribution in [0.25, 0.3) is 10.9 Å². The molecule has 0 spiro atoms. The minimum absolute atomic E-state index is 0.131. The van der Waals surface area contributed by atoms with Gasteiger partial charge in [0, 0.05) is 30.7 Å². The molecule has 4 aromatic rings. The van der Waals surface area contributed by atoms with Crippen LogP contribution < -0.4 is 30.6 Å². The zero-order valence-electron chi connectivity index (χ0n) is 26.3. The number of nitrogens with zero attached hydrogens (tertiary/aromatic N) is 3. The number of nitrogen functional groups attached to an aromatic ring is 1. The zero-order valence-corrected chi connectivity index (χ0v) is 27.2. The van der Waals surface area contributed by atoms with Gasteiger partial charge in [-0.25, -0.2) is 18.2 Å². The van der Waals surface area contributed by atoms with Gasteiger partial charge < -0.3 is 35.5 Å². The lowest BCUT2D eigenvalue weighted by molar-refractivity contribution is 0.0687. The predicted octanol–water partition coefficient (Wildman–Crippen LogP) is 4.57. The van der Waals surface area contributed by atoms with Crippen LogP contribution >= 0.6 is 0 Å². The number of fused-ring (bicyclic) bond motifs is 1. The van der Waals surface area contributed by atoms with E-state index >= 15 is 0 Å². The summed E-state index contributed by atoms with van der Waals surface area (Å²) in [5.41, 5.74) is 8.39. The Morgan fingerprint density at radius 3 is 2.49 bits per heavy atom. The molecule has 0 atom stereocenters. The van der Waals surface area contributed by atoms with Crippen LogP contribution in [0.15, 0.2) is 48.7 Å². The fourth-order valence-corrected chi connectivity index (χ4v) is 5.54. The standard InChI is InChI=1S/C19H21N5O3.C12H20N2O3S/c1-24-14(18(25)26)11-12-3-2-4-15(17(12)24)27-16-7-10-21-19(23-16)22-13-5-8-20-9-6-13;1-12(2,3)8-6-9(13)11(17-4)10(7-8)14-18(5,15)16/h2-4,7,10-11,13,20H,5-6,8-9H2,1H3,(H,25,26)(H,21,22,23);6-7,14H,13H2,1-5H3. The van der Waals surface area contributed by atoms with E-state index in [4.69, 9.17) is 15.2 Å². The molecule has 242 valence electrons. The lowest BCUT2D eigenvalue weighted by Gasteiger charge is -2.23. The fraction of sp³-hybridized carbons (Fsp3) is 0.387. The number of nitrogens with two attached hydrogens (primary N) is 1. The van der Waals surface area contributed by atoms with Crippen molar-refractivity contribution in [1.29, 1.82) is 0 Å². The number of anilines is 3. The molecule has 5 rings (SSSR count). The average molecular weight is 640 g/mol. The second kappa shape index (κ2) is 13.6. The molecule has 0 bridgehead atoms. The maximum absolute atomic E-state index is 11.4. The lowest BCUT2D eigenvalue weighted by atomic mass is 9.86. The van der Waals surface area contributed by atoms with E-state index < -0.39 is 16.0 Å².